The van der Waals surface area contributed by atoms with Crippen molar-refractivity contribution in [2.75, 3.05) is 0 Å². The highest BCUT2D eigenvalue weighted by Gasteiger charge is 2.10. The van der Waals surface area contributed by atoms with E-state index in [1.165, 1.54) is 6.07 Å². The zero-order chi connectivity index (χ0) is 14.0. The molecule has 1 heterocycles. The summed E-state index contributed by atoms with van der Waals surface area (Å²) < 4.78 is 5.59. The molecule has 0 fully saturated rings. The van der Waals surface area contributed by atoms with Gasteiger partial charge in [-0.25, -0.2) is 4.98 Å². The first-order valence-electron chi connectivity index (χ1n) is 5.51. The molecule has 1 aromatic carbocycles. The molecule has 2 aromatic rings. The highest BCUT2D eigenvalue weighted by atomic mass is 35.5. The van der Waals surface area contributed by atoms with Crippen LogP contribution < -0.4 is 10.5 Å². The topological polar surface area (TPSA) is 48.1 Å². The van der Waals surface area contributed by atoms with Gasteiger partial charge >= 0.3 is 0 Å². The first-order valence-corrected chi connectivity index (χ1v) is 6.64. The van der Waals surface area contributed by atoms with E-state index in [0.717, 1.165) is 5.56 Å². The van der Waals surface area contributed by atoms with Crippen molar-refractivity contribution in [3.63, 3.8) is 0 Å². The minimum absolute atomic E-state index is 0.102. The summed E-state index contributed by atoms with van der Waals surface area (Å²) >= 11 is 17.8. The zero-order valence-electron chi connectivity index (χ0n) is 10.0. The summed E-state index contributed by atoms with van der Waals surface area (Å²) in [7, 11) is 0. The van der Waals surface area contributed by atoms with Gasteiger partial charge in [0.25, 0.3) is 0 Å². The lowest BCUT2D eigenvalue weighted by atomic mass is 10.1. The van der Waals surface area contributed by atoms with Crippen molar-refractivity contribution in [1.82, 2.24) is 4.98 Å². The van der Waals surface area contributed by atoms with Crippen LogP contribution in [0, 0.1) is 0 Å². The number of pyridine rings is 1. The van der Waals surface area contributed by atoms with Gasteiger partial charge in [-0.3, -0.25) is 0 Å². The number of ether oxygens (including phenoxy) is 1. The Bertz CT molecular complexity index is 602. The first kappa shape index (κ1) is 14.4. The molecule has 3 nitrogen and oxygen atoms in total. The molecular formula is C13H11Cl3N2O. The van der Waals surface area contributed by atoms with Gasteiger partial charge in [-0.2, -0.15) is 0 Å². The summed E-state index contributed by atoms with van der Waals surface area (Å²) in [6.07, 6.45) is 1.62. The monoisotopic (exact) mass is 316 g/mol. The van der Waals surface area contributed by atoms with Crippen LogP contribution in [0.3, 0.4) is 0 Å². The van der Waals surface area contributed by atoms with Crippen molar-refractivity contribution in [3.8, 4) is 11.6 Å². The lowest BCUT2D eigenvalue weighted by Gasteiger charge is -2.10. The normalized spacial score (nSPS) is 12.3. The Morgan fingerprint density at radius 2 is 1.79 bits per heavy atom. The van der Waals surface area contributed by atoms with Crippen molar-refractivity contribution in [2.24, 2.45) is 5.73 Å². The van der Waals surface area contributed by atoms with Gasteiger partial charge in [-0.15, -0.1) is 0 Å². The Morgan fingerprint density at radius 1 is 1.11 bits per heavy atom. The van der Waals surface area contributed by atoms with E-state index in [2.05, 4.69) is 4.98 Å². The van der Waals surface area contributed by atoms with E-state index in [-0.39, 0.29) is 6.04 Å². The lowest BCUT2D eigenvalue weighted by Crippen LogP contribution is -2.05. The van der Waals surface area contributed by atoms with Crippen molar-refractivity contribution in [2.45, 2.75) is 13.0 Å². The molecule has 2 N–H and O–H groups in total. The molecule has 1 unspecified atom stereocenters. The highest BCUT2D eigenvalue weighted by Crippen LogP contribution is 2.36. The molecule has 0 saturated carbocycles. The largest absolute Gasteiger partial charge is 0.437 e. The van der Waals surface area contributed by atoms with Crippen LogP contribution in [0.1, 0.15) is 18.5 Å². The molecular weight excluding hydrogens is 307 g/mol. The molecule has 0 bridgehead atoms. The Balaban J connectivity index is 2.31. The van der Waals surface area contributed by atoms with Gasteiger partial charge in [0.2, 0.25) is 5.88 Å². The van der Waals surface area contributed by atoms with Gasteiger partial charge in [-0.05, 0) is 24.6 Å². The van der Waals surface area contributed by atoms with Crippen LogP contribution in [0.5, 0.6) is 11.6 Å². The maximum Gasteiger partial charge on any atom is 0.219 e. The van der Waals surface area contributed by atoms with Gasteiger partial charge in [0, 0.05) is 24.4 Å². The standard InChI is InChI=1S/C13H11Cl3N2O/c1-7(17)8-2-3-18-13(4-8)19-12-6-10(15)9(14)5-11(12)16/h2-7H,17H2,1H3. The van der Waals surface area contributed by atoms with Crippen LogP contribution in [-0.2, 0) is 0 Å². The molecule has 0 aliphatic heterocycles. The molecule has 19 heavy (non-hydrogen) atoms. The maximum atomic E-state index is 6.03. The van der Waals surface area contributed by atoms with Crippen molar-refractivity contribution in [3.05, 3.63) is 51.1 Å². The summed E-state index contributed by atoms with van der Waals surface area (Å²) in [6, 6.07) is 6.55. The summed E-state index contributed by atoms with van der Waals surface area (Å²) in [5, 5.41) is 1.10. The molecule has 0 aliphatic carbocycles. The quantitative estimate of drug-likeness (QED) is 0.823. The number of nitrogens with zero attached hydrogens (tertiary/aromatic N) is 1. The Morgan fingerprint density at radius 3 is 2.47 bits per heavy atom. The number of benzene rings is 1. The zero-order valence-corrected chi connectivity index (χ0v) is 12.3. The minimum Gasteiger partial charge on any atom is -0.437 e. The SMILES string of the molecule is CC(N)c1ccnc(Oc2cc(Cl)c(Cl)cc2Cl)c1. The second-order valence-corrected chi connectivity index (χ2v) is 5.24. The van der Waals surface area contributed by atoms with E-state index < -0.39 is 0 Å². The van der Waals surface area contributed by atoms with Crippen molar-refractivity contribution < 1.29 is 4.74 Å². The molecule has 0 aliphatic rings. The van der Waals surface area contributed by atoms with E-state index in [0.29, 0.717) is 26.7 Å². The molecule has 1 aromatic heterocycles. The maximum absolute atomic E-state index is 6.03. The second-order valence-electron chi connectivity index (χ2n) is 4.01. The number of hydrogen-bond donors (Lipinski definition) is 1. The fourth-order valence-corrected chi connectivity index (χ4v) is 2.03. The third-order valence-electron chi connectivity index (χ3n) is 2.47. The summed E-state index contributed by atoms with van der Waals surface area (Å²) in [5.74, 6) is 0.792. The molecule has 0 saturated heterocycles. The van der Waals surface area contributed by atoms with Crippen molar-refractivity contribution in [1.29, 1.82) is 0 Å². The number of halogens is 3. The highest BCUT2D eigenvalue weighted by molar-refractivity contribution is 6.43. The lowest BCUT2D eigenvalue weighted by molar-refractivity contribution is 0.462. The van der Waals surface area contributed by atoms with Crippen LogP contribution in [0.25, 0.3) is 0 Å². The molecule has 100 valence electrons. The van der Waals surface area contributed by atoms with Crippen LogP contribution in [-0.4, -0.2) is 4.98 Å². The van der Waals surface area contributed by atoms with E-state index >= 15 is 0 Å². The van der Waals surface area contributed by atoms with Gasteiger partial charge < -0.3 is 10.5 Å². The molecule has 0 radical (unpaired) electrons. The summed E-state index contributed by atoms with van der Waals surface area (Å²) in [5.41, 5.74) is 6.72. The van der Waals surface area contributed by atoms with Gasteiger partial charge in [0.05, 0.1) is 15.1 Å². The van der Waals surface area contributed by atoms with E-state index in [4.69, 9.17) is 45.3 Å². The Kier molecular flexibility index (Phi) is 4.53. The second kappa shape index (κ2) is 5.97. The minimum atomic E-state index is -0.102. The average molecular weight is 318 g/mol. The van der Waals surface area contributed by atoms with Gasteiger partial charge in [0.1, 0.15) is 5.75 Å². The molecule has 1 atom stereocenters. The fourth-order valence-electron chi connectivity index (χ4n) is 1.46. The Hall–Kier alpha value is -1.000. The van der Waals surface area contributed by atoms with Crippen LogP contribution in [0.4, 0.5) is 0 Å². The first-order chi connectivity index (χ1) is 8.97. The van der Waals surface area contributed by atoms with E-state index in [1.807, 2.05) is 13.0 Å². The van der Waals surface area contributed by atoms with Gasteiger partial charge in [-0.1, -0.05) is 34.8 Å². The van der Waals surface area contributed by atoms with E-state index in [1.54, 1.807) is 18.3 Å². The third kappa shape index (κ3) is 3.51. The number of hydrogen-bond acceptors (Lipinski definition) is 3. The predicted molar refractivity (Wildman–Crippen MR) is 78.4 cm³/mol. The molecule has 0 spiro atoms. The average Bonchev–Trinajstić information content (AvgIpc) is 2.36. The summed E-state index contributed by atoms with van der Waals surface area (Å²) in [6.45, 7) is 1.88. The van der Waals surface area contributed by atoms with Crippen molar-refractivity contribution >= 4 is 34.8 Å². The number of aromatic nitrogens is 1. The fraction of sp³-hybridized carbons (Fsp3) is 0.154. The smallest absolute Gasteiger partial charge is 0.219 e. The van der Waals surface area contributed by atoms with Gasteiger partial charge in [0.15, 0.2) is 0 Å². The summed E-state index contributed by atoms with van der Waals surface area (Å²) in [4.78, 5) is 4.10. The Labute approximate surface area is 126 Å². The van der Waals surface area contributed by atoms with Crippen LogP contribution in [0.2, 0.25) is 15.1 Å². The van der Waals surface area contributed by atoms with Crippen LogP contribution in [0.15, 0.2) is 30.5 Å². The number of nitrogens with two attached hydrogens (primary N) is 1. The van der Waals surface area contributed by atoms with Crippen LogP contribution >= 0.6 is 34.8 Å². The third-order valence-corrected chi connectivity index (χ3v) is 3.49. The molecule has 0 amide bonds. The van der Waals surface area contributed by atoms with E-state index in [9.17, 15) is 0 Å². The molecule has 6 heteroatoms. The molecule has 2 rings (SSSR count). The number of rotatable bonds is 3. The predicted octanol–water partition coefficient (Wildman–Crippen LogP) is 4.85.